The Kier molecular flexibility index (Phi) is 3.22. The Hall–Kier alpha value is -2.60. The number of carbonyl (C=O) groups is 2. The fourth-order valence-electron chi connectivity index (χ4n) is 1.91. The maximum absolute atomic E-state index is 12.1. The monoisotopic (exact) mass is 285 g/mol. The summed E-state index contributed by atoms with van der Waals surface area (Å²) in [5.41, 5.74) is 6.69. The lowest BCUT2D eigenvalue weighted by atomic mass is 10.2. The summed E-state index contributed by atoms with van der Waals surface area (Å²) in [7, 11) is 0. The van der Waals surface area contributed by atoms with Gasteiger partial charge >= 0.3 is 0 Å². The van der Waals surface area contributed by atoms with E-state index in [9.17, 15) is 9.59 Å². The molecule has 0 spiro atoms. The van der Waals surface area contributed by atoms with Crippen molar-refractivity contribution in [3.8, 4) is 0 Å². The van der Waals surface area contributed by atoms with Gasteiger partial charge in [0.25, 0.3) is 11.8 Å². The van der Waals surface area contributed by atoms with Crippen LogP contribution in [-0.4, -0.2) is 16.8 Å². The minimum absolute atomic E-state index is 0.334. The molecule has 5 nitrogen and oxygen atoms in total. The number of hydrogen-bond donors (Lipinski definition) is 3. The Morgan fingerprint density at radius 2 is 1.85 bits per heavy atom. The Morgan fingerprint density at radius 1 is 1.05 bits per heavy atom. The van der Waals surface area contributed by atoms with Crippen LogP contribution < -0.4 is 10.9 Å². The van der Waals surface area contributed by atoms with Gasteiger partial charge in [-0.1, -0.05) is 18.2 Å². The van der Waals surface area contributed by atoms with Crippen molar-refractivity contribution in [3.05, 3.63) is 58.4 Å². The van der Waals surface area contributed by atoms with E-state index in [2.05, 4.69) is 15.8 Å². The molecule has 0 unspecified atom stereocenters. The second-order valence-corrected chi connectivity index (χ2v) is 4.95. The number of H-pyrrole nitrogens is 1. The first-order chi connectivity index (χ1) is 9.75. The number of para-hydroxylation sites is 1. The smallest absolute Gasteiger partial charge is 0.271 e. The lowest BCUT2D eigenvalue weighted by molar-refractivity contribution is 0.0848. The van der Waals surface area contributed by atoms with Crippen LogP contribution in [0, 0.1) is 0 Å². The lowest BCUT2D eigenvalue weighted by Gasteiger charge is -2.05. The van der Waals surface area contributed by atoms with Crippen molar-refractivity contribution in [1.29, 1.82) is 0 Å². The van der Waals surface area contributed by atoms with Crippen LogP contribution in [-0.2, 0) is 0 Å². The summed E-state index contributed by atoms with van der Waals surface area (Å²) < 4.78 is 0. The number of fused-ring (bicyclic) bond motifs is 1. The Bertz CT molecular complexity index is 762. The van der Waals surface area contributed by atoms with Crippen molar-refractivity contribution in [3.63, 3.8) is 0 Å². The van der Waals surface area contributed by atoms with Crippen molar-refractivity contribution in [1.82, 2.24) is 15.8 Å². The summed E-state index contributed by atoms with van der Waals surface area (Å²) in [5, 5.41) is 4.33. The molecule has 3 aromatic rings. The zero-order valence-electron chi connectivity index (χ0n) is 10.3. The molecule has 3 N–H and O–H groups in total. The van der Waals surface area contributed by atoms with Gasteiger partial charge in [0, 0.05) is 22.5 Å². The molecular formula is C14H11N3O2S. The van der Waals surface area contributed by atoms with Crippen LogP contribution in [0.3, 0.4) is 0 Å². The third-order valence-electron chi connectivity index (χ3n) is 2.91. The van der Waals surface area contributed by atoms with Crippen LogP contribution in [0.25, 0.3) is 10.9 Å². The highest BCUT2D eigenvalue weighted by Gasteiger charge is 2.13. The van der Waals surface area contributed by atoms with Crippen LogP contribution in [0.4, 0.5) is 0 Å². The number of benzene rings is 1. The van der Waals surface area contributed by atoms with Gasteiger partial charge in [0.15, 0.2) is 0 Å². The molecule has 0 aliphatic rings. The highest BCUT2D eigenvalue weighted by Crippen LogP contribution is 2.17. The fourth-order valence-corrected chi connectivity index (χ4v) is 2.54. The molecule has 0 fully saturated rings. The SMILES string of the molecule is O=C(NNC(=O)c1c[nH]c2ccccc12)c1ccsc1. The highest BCUT2D eigenvalue weighted by atomic mass is 32.1. The minimum Gasteiger partial charge on any atom is -0.360 e. The van der Waals surface area contributed by atoms with Crippen molar-refractivity contribution in [2.24, 2.45) is 0 Å². The average molecular weight is 285 g/mol. The molecule has 2 amide bonds. The predicted octanol–water partition coefficient (Wildman–Crippen LogP) is 2.30. The largest absolute Gasteiger partial charge is 0.360 e. The maximum Gasteiger partial charge on any atom is 0.271 e. The topological polar surface area (TPSA) is 74.0 Å². The minimum atomic E-state index is -0.356. The van der Waals surface area contributed by atoms with Gasteiger partial charge in [0.1, 0.15) is 0 Å². The summed E-state index contributed by atoms with van der Waals surface area (Å²) in [5.74, 6) is -0.689. The average Bonchev–Trinajstić information content (AvgIpc) is 3.13. The van der Waals surface area contributed by atoms with Gasteiger partial charge < -0.3 is 4.98 Å². The third kappa shape index (κ3) is 2.28. The van der Waals surface area contributed by atoms with Crippen molar-refractivity contribution in [2.45, 2.75) is 0 Å². The van der Waals surface area contributed by atoms with E-state index in [1.807, 2.05) is 24.3 Å². The number of hydrazine groups is 1. The Balaban J connectivity index is 1.72. The molecule has 0 saturated carbocycles. The Morgan fingerprint density at radius 3 is 2.65 bits per heavy atom. The van der Waals surface area contributed by atoms with E-state index in [0.29, 0.717) is 11.1 Å². The van der Waals surface area contributed by atoms with E-state index in [4.69, 9.17) is 0 Å². The summed E-state index contributed by atoms with van der Waals surface area (Å²) >= 11 is 1.42. The predicted molar refractivity (Wildman–Crippen MR) is 77.6 cm³/mol. The third-order valence-corrected chi connectivity index (χ3v) is 3.59. The van der Waals surface area contributed by atoms with Gasteiger partial charge in [-0.15, -0.1) is 0 Å². The van der Waals surface area contributed by atoms with Crippen molar-refractivity contribution in [2.75, 3.05) is 0 Å². The second-order valence-electron chi connectivity index (χ2n) is 4.17. The fraction of sp³-hybridized carbons (Fsp3) is 0. The quantitative estimate of drug-likeness (QED) is 0.632. The number of nitrogens with one attached hydrogen (secondary N) is 3. The van der Waals surface area contributed by atoms with E-state index in [1.165, 1.54) is 11.3 Å². The van der Waals surface area contributed by atoms with Gasteiger partial charge in [0.2, 0.25) is 0 Å². The van der Waals surface area contributed by atoms with Gasteiger partial charge in [-0.3, -0.25) is 20.4 Å². The van der Waals surface area contributed by atoms with Gasteiger partial charge in [0.05, 0.1) is 11.1 Å². The molecule has 100 valence electrons. The van der Waals surface area contributed by atoms with Crippen LogP contribution in [0.1, 0.15) is 20.7 Å². The molecule has 20 heavy (non-hydrogen) atoms. The first kappa shape index (κ1) is 12.4. The van der Waals surface area contributed by atoms with Gasteiger partial charge in [-0.2, -0.15) is 11.3 Å². The molecular weight excluding hydrogens is 274 g/mol. The number of aromatic amines is 1. The van der Waals surface area contributed by atoms with Crippen LogP contribution >= 0.6 is 11.3 Å². The van der Waals surface area contributed by atoms with E-state index in [-0.39, 0.29) is 11.8 Å². The highest BCUT2D eigenvalue weighted by molar-refractivity contribution is 7.08. The standard InChI is InChI=1S/C14H11N3O2S/c18-13(9-5-6-20-8-9)16-17-14(19)11-7-15-12-4-2-1-3-10(11)12/h1-8,15H,(H,16,18)(H,17,19). The molecule has 2 aromatic heterocycles. The number of amides is 2. The number of thiophene rings is 1. The molecule has 3 rings (SSSR count). The molecule has 0 aliphatic heterocycles. The second kappa shape index (κ2) is 5.18. The van der Waals surface area contributed by atoms with E-state index >= 15 is 0 Å². The van der Waals surface area contributed by atoms with Crippen LogP contribution in [0.5, 0.6) is 0 Å². The Labute approximate surface area is 118 Å². The summed E-state index contributed by atoms with van der Waals surface area (Å²) in [6, 6.07) is 9.17. The maximum atomic E-state index is 12.1. The molecule has 0 atom stereocenters. The summed E-state index contributed by atoms with van der Waals surface area (Å²) in [4.78, 5) is 26.8. The molecule has 0 aliphatic carbocycles. The van der Waals surface area contributed by atoms with Crippen molar-refractivity contribution >= 4 is 34.1 Å². The first-order valence-corrected chi connectivity index (χ1v) is 6.89. The molecule has 0 saturated heterocycles. The zero-order chi connectivity index (χ0) is 13.9. The lowest BCUT2D eigenvalue weighted by Crippen LogP contribution is -2.41. The molecule has 2 heterocycles. The van der Waals surface area contributed by atoms with Crippen molar-refractivity contribution < 1.29 is 9.59 Å². The summed E-state index contributed by atoms with van der Waals surface area (Å²) in [6.07, 6.45) is 1.62. The summed E-state index contributed by atoms with van der Waals surface area (Å²) in [6.45, 7) is 0. The van der Waals surface area contributed by atoms with E-state index in [0.717, 1.165) is 10.9 Å². The molecule has 1 aromatic carbocycles. The van der Waals surface area contributed by atoms with E-state index < -0.39 is 0 Å². The van der Waals surface area contributed by atoms with E-state index in [1.54, 1.807) is 23.0 Å². The number of carbonyl (C=O) groups excluding carboxylic acids is 2. The van der Waals surface area contributed by atoms with Crippen LogP contribution in [0.2, 0.25) is 0 Å². The van der Waals surface area contributed by atoms with Gasteiger partial charge in [-0.05, 0) is 17.5 Å². The number of rotatable bonds is 2. The van der Waals surface area contributed by atoms with Gasteiger partial charge in [-0.25, -0.2) is 0 Å². The zero-order valence-corrected chi connectivity index (χ0v) is 11.2. The number of hydrogen-bond acceptors (Lipinski definition) is 3. The molecule has 0 radical (unpaired) electrons. The van der Waals surface area contributed by atoms with Crippen LogP contribution in [0.15, 0.2) is 47.3 Å². The molecule has 6 heteroatoms. The number of aromatic nitrogens is 1. The molecule has 0 bridgehead atoms. The normalized spacial score (nSPS) is 10.4. The first-order valence-electron chi connectivity index (χ1n) is 5.95.